The van der Waals surface area contributed by atoms with Crippen LogP contribution in [0.2, 0.25) is 0 Å². The molecule has 132 valence electrons. The highest BCUT2D eigenvalue weighted by molar-refractivity contribution is 5.98. The number of hydrogen-bond donors (Lipinski definition) is 0. The molecule has 0 saturated carbocycles. The lowest BCUT2D eigenvalue weighted by Gasteiger charge is -2.34. The van der Waals surface area contributed by atoms with Gasteiger partial charge in [0.2, 0.25) is 0 Å². The smallest absolute Gasteiger partial charge is 0.166 e. The van der Waals surface area contributed by atoms with Crippen LogP contribution in [0.25, 0.3) is 6.08 Å². The number of ketones is 1. The van der Waals surface area contributed by atoms with Gasteiger partial charge in [0.15, 0.2) is 5.78 Å². The standard InChI is InChI=1S/C21H23NO2.ClH/c1-3-16-6-4-5-7-20(16)22-14-12-18(13-15-22)21(23)17-8-10-19(24-2)11-9-17;/h3-11,18H,1,12-15H2,2H3;1H. The van der Waals surface area contributed by atoms with E-state index >= 15 is 0 Å². The van der Waals surface area contributed by atoms with E-state index in [4.69, 9.17) is 4.74 Å². The summed E-state index contributed by atoms with van der Waals surface area (Å²) in [5, 5.41) is 0. The predicted molar refractivity (Wildman–Crippen MR) is 106 cm³/mol. The number of anilines is 1. The van der Waals surface area contributed by atoms with Gasteiger partial charge in [-0.1, -0.05) is 30.9 Å². The SMILES string of the molecule is C=Cc1ccccc1N1CCC(C(=O)c2ccc(OC)cc2)CC1.Cl. The summed E-state index contributed by atoms with van der Waals surface area (Å²) in [4.78, 5) is 15.0. The fourth-order valence-electron chi connectivity index (χ4n) is 3.32. The van der Waals surface area contributed by atoms with E-state index in [1.807, 2.05) is 36.4 Å². The van der Waals surface area contributed by atoms with Crippen LogP contribution in [0.4, 0.5) is 5.69 Å². The summed E-state index contributed by atoms with van der Waals surface area (Å²) in [7, 11) is 1.63. The predicted octanol–water partition coefficient (Wildman–Crippen LogP) is 4.86. The van der Waals surface area contributed by atoms with E-state index in [1.54, 1.807) is 7.11 Å². The molecule has 1 aliphatic heterocycles. The van der Waals surface area contributed by atoms with Crippen molar-refractivity contribution in [2.75, 3.05) is 25.1 Å². The summed E-state index contributed by atoms with van der Waals surface area (Å²) >= 11 is 0. The molecule has 0 atom stereocenters. The number of methoxy groups -OCH3 is 1. The van der Waals surface area contributed by atoms with Gasteiger partial charge in [-0.3, -0.25) is 4.79 Å². The molecule has 1 saturated heterocycles. The van der Waals surface area contributed by atoms with Gasteiger partial charge < -0.3 is 9.64 Å². The quantitative estimate of drug-likeness (QED) is 0.716. The summed E-state index contributed by atoms with van der Waals surface area (Å²) in [6.07, 6.45) is 3.66. The molecule has 1 fully saturated rings. The number of para-hydroxylation sites is 1. The molecule has 1 aliphatic rings. The van der Waals surface area contributed by atoms with Gasteiger partial charge in [-0.2, -0.15) is 0 Å². The van der Waals surface area contributed by atoms with Gasteiger partial charge >= 0.3 is 0 Å². The molecule has 2 aromatic rings. The second kappa shape index (κ2) is 8.72. The molecular weight excluding hydrogens is 334 g/mol. The molecule has 25 heavy (non-hydrogen) atoms. The summed E-state index contributed by atoms with van der Waals surface area (Å²) in [5.41, 5.74) is 3.14. The highest BCUT2D eigenvalue weighted by Gasteiger charge is 2.26. The van der Waals surface area contributed by atoms with E-state index in [0.717, 1.165) is 42.8 Å². The normalized spacial score (nSPS) is 14.5. The first-order valence-electron chi connectivity index (χ1n) is 8.37. The number of nitrogens with zero attached hydrogens (tertiary/aromatic N) is 1. The van der Waals surface area contributed by atoms with E-state index in [0.29, 0.717) is 0 Å². The molecule has 0 unspecified atom stereocenters. The van der Waals surface area contributed by atoms with E-state index in [-0.39, 0.29) is 24.1 Å². The van der Waals surface area contributed by atoms with E-state index in [9.17, 15) is 4.79 Å². The van der Waals surface area contributed by atoms with Gasteiger partial charge in [-0.25, -0.2) is 0 Å². The molecule has 3 nitrogen and oxygen atoms in total. The zero-order chi connectivity index (χ0) is 16.9. The highest BCUT2D eigenvalue weighted by Crippen LogP contribution is 2.29. The Bertz CT molecular complexity index is 719. The van der Waals surface area contributed by atoms with E-state index in [1.165, 1.54) is 5.69 Å². The average molecular weight is 358 g/mol. The lowest BCUT2D eigenvalue weighted by atomic mass is 9.88. The molecule has 0 radical (unpaired) electrons. The van der Waals surface area contributed by atoms with Crippen molar-refractivity contribution in [2.45, 2.75) is 12.8 Å². The van der Waals surface area contributed by atoms with Crippen LogP contribution >= 0.6 is 12.4 Å². The van der Waals surface area contributed by atoms with Crippen molar-refractivity contribution in [1.82, 2.24) is 0 Å². The minimum absolute atomic E-state index is 0. The first-order valence-corrected chi connectivity index (χ1v) is 8.37. The molecule has 4 heteroatoms. The topological polar surface area (TPSA) is 29.5 Å². The summed E-state index contributed by atoms with van der Waals surface area (Å²) in [6, 6.07) is 15.7. The maximum Gasteiger partial charge on any atom is 0.166 e. The summed E-state index contributed by atoms with van der Waals surface area (Å²) in [6.45, 7) is 5.69. The number of Topliss-reactive ketones (excluding diaryl/α,β-unsaturated/α-hetero) is 1. The molecule has 0 bridgehead atoms. The minimum atomic E-state index is 0. The fourth-order valence-corrected chi connectivity index (χ4v) is 3.32. The molecule has 0 N–H and O–H groups in total. The number of rotatable bonds is 5. The zero-order valence-corrected chi connectivity index (χ0v) is 15.3. The van der Waals surface area contributed by atoms with Crippen LogP contribution < -0.4 is 9.64 Å². The fraction of sp³-hybridized carbons (Fsp3) is 0.286. The van der Waals surface area contributed by atoms with Crippen LogP contribution in [-0.4, -0.2) is 26.0 Å². The number of ether oxygens (including phenoxy) is 1. The zero-order valence-electron chi connectivity index (χ0n) is 14.5. The maximum atomic E-state index is 12.7. The first-order chi connectivity index (χ1) is 11.7. The Labute approximate surface area is 155 Å². The maximum absolute atomic E-state index is 12.7. The van der Waals surface area contributed by atoms with Crippen LogP contribution in [0.5, 0.6) is 5.75 Å². The van der Waals surface area contributed by atoms with Crippen LogP contribution in [0.1, 0.15) is 28.8 Å². The number of benzene rings is 2. The van der Waals surface area contributed by atoms with Crippen molar-refractivity contribution in [3.05, 3.63) is 66.2 Å². The number of hydrogen-bond acceptors (Lipinski definition) is 3. The molecule has 0 aliphatic carbocycles. The van der Waals surface area contributed by atoms with Crippen molar-refractivity contribution >= 4 is 30.0 Å². The van der Waals surface area contributed by atoms with Crippen molar-refractivity contribution in [3.8, 4) is 5.75 Å². The van der Waals surface area contributed by atoms with Crippen LogP contribution in [0, 0.1) is 5.92 Å². The van der Waals surface area contributed by atoms with E-state index in [2.05, 4.69) is 29.7 Å². The Hall–Kier alpha value is -2.26. The molecule has 2 aromatic carbocycles. The Morgan fingerprint density at radius 3 is 2.36 bits per heavy atom. The van der Waals surface area contributed by atoms with Crippen molar-refractivity contribution in [2.24, 2.45) is 5.92 Å². The van der Waals surface area contributed by atoms with Crippen molar-refractivity contribution in [1.29, 1.82) is 0 Å². The molecule has 1 heterocycles. The Balaban J connectivity index is 0.00000225. The van der Waals surface area contributed by atoms with Crippen LogP contribution in [0.15, 0.2) is 55.1 Å². The number of carbonyl (C=O) groups excluding carboxylic acids is 1. The third-order valence-electron chi connectivity index (χ3n) is 4.74. The lowest BCUT2D eigenvalue weighted by molar-refractivity contribution is 0.0900. The van der Waals surface area contributed by atoms with Crippen LogP contribution in [0.3, 0.4) is 0 Å². The van der Waals surface area contributed by atoms with E-state index < -0.39 is 0 Å². The lowest BCUT2D eigenvalue weighted by Crippen LogP contribution is -2.36. The molecule has 0 spiro atoms. The van der Waals surface area contributed by atoms with Crippen molar-refractivity contribution < 1.29 is 9.53 Å². The second-order valence-corrected chi connectivity index (χ2v) is 6.12. The van der Waals surface area contributed by atoms with Gasteiger partial charge in [0.25, 0.3) is 0 Å². The van der Waals surface area contributed by atoms with Gasteiger partial charge in [0.05, 0.1) is 7.11 Å². The van der Waals surface area contributed by atoms with Gasteiger partial charge in [-0.15, -0.1) is 12.4 Å². The number of halogens is 1. The Morgan fingerprint density at radius 2 is 1.76 bits per heavy atom. The third kappa shape index (κ3) is 4.23. The monoisotopic (exact) mass is 357 g/mol. The molecule has 3 rings (SSSR count). The number of carbonyl (C=O) groups is 1. The second-order valence-electron chi connectivity index (χ2n) is 6.12. The third-order valence-corrected chi connectivity index (χ3v) is 4.74. The van der Waals surface area contributed by atoms with Crippen molar-refractivity contribution in [3.63, 3.8) is 0 Å². The number of piperidine rings is 1. The Kier molecular flexibility index (Phi) is 6.65. The first kappa shape index (κ1) is 19.1. The van der Waals surface area contributed by atoms with Gasteiger partial charge in [-0.05, 0) is 48.7 Å². The van der Waals surface area contributed by atoms with Crippen LogP contribution in [-0.2, 0) is 0 Å². The van der Waals surface area contributed by atoms with Gasteiger partial charge in [0, 0.05) is 30.3 Å². The largest absolute Gasteiger partial charge is 0.497 e. The average Bonchev–Trinajstić information content (AvgIpc) is 2.67. The minimum Gasteiger partial charge on any atom is -0.497 e. The highest BCUT2D eigenvalue weighted by atomic mass is 35.5. The molecule has 0 amide bonds. The molecule has 0 aromatic heterocycles. The Morgan fingerprint density at radius 1 is 1.12 bits per heavy atom. The van der Waals surface area contributed by atoms with Gasteiger partial charge in [0.1, 0.15) is 5.75 Å². The summed E-state index contributed by atoms with van der Waals surface area (Å²) < 4.78 is 5.15. The molecular formula is C21H24ClNO2. The summed E-state index contributed by atoms with van der Waals surface area (Å²) in [5.74, 6) is 1.13.